The smallest absolute Gasteiger partial charge is 0.248 e. The molecule has 0 saturated carbocycles. The van der Waals surface area contributed by atoms with Crippen LogP contribution < -0.4 is 5.14 Å². The van der Waals surface area contributed by atoms with Gasteiger partial charge in [-0.05, 0) is 28.4 Å². The van der Waals surface area contributed by atoms with E-state index >= 15 is 0 Å². The number of pyridine rings is 1. The minimum Gasteiger partial charge on any atom is -0.248 e. The largest absolute Gasteiger partial charge is 0.267 e. The van der Waals surface area contributed by atoms with Crippen LogP contribution in [0.2, 0.25) is 0 Å². The zero-order valence-corrected chi connectivity index (χ0v) is 9.94. The number of sulfonamides is 1. The van der Waals surface area contributed by atoms with Gasteiger partial charge in [0.05, 0.1) is 10.5 Å². The lowest BCUT2D eigenvalue weighted by atomic mass is 10.2. The van der Waals surface area contributed by atoms with E-state index in [0.29, 0.717) is 0 Å². The molecule has 4 nitrogen and oxygen atoms in total. The molecule has 0 aliphatic rings. The van der Waals surface area contributed by atoms with Gasteiger partial charge in [-0.15, -0.1) is 0 Å². The molecular weight excluding hydrogens is 294 g/mol. The Kier molecular flexibility index (Phi) is 3.41. The first-order valence-corrected chi connectivity index (χ1v) is 6.05. The molecule has 84 valence electrons. The minimum atomic E-state index is -4.18. The van der Waals surface area contributed by atoms with Gasteiger partial charge in [0, 0.05) is 6.20 Å². The fourth-order valence-electron chi connectivity index (χ4n) is 1.15. The molecule has 1 aromatic rings. The van der Waals surface area contributed by atoms with Crippen molar-refractivity contribution in [2.45, 2.75) is 18.2 Å². The van der Waals surface area contributed by atoms with Crippen LogP contribution in [0.1, 0.15) is 17.6 Å². The summed E-state index contributed by atoms with van der Waals surface area (Å²) >= 11 is 2.76. The molecule has 0 spiro atoms. The molecule has 1 heterocycles. The lowest BCUT2D eigenvalue weighted by Gasteiger charge is -2.10. The van der Waals surface area contributed by atoms with Gasteiger partial charge in [0.15, 0.2) is 0 Å². The van der Waals surface area contributed by atoms with Crippen LogP contribution in [0, 0.1) is 6.92 Å². The summed E-state index contributed by atoms with van der Waals surface area (Å²) < 4.78 is 47.3. The van der Waals surface area contributed by atoms with Crippen LogP contribution in [0.3, 0.4) is 0 Å². The van der Waals surface area contributed by atoms with Crippen LogP contribution >= 0.6 is 15.9 Å². The summed E-state index contributed by atoms with van der Waals surface area (Å²) in [6.07, 6.45) is -1.80. The number of nitrogens with zero attached hydrogens (tertiary/aromatic N) is 1. The van der Waals surface area contributed by atoms with Gasteiger partial charge in [-0.2, -0.15) is 0 Å². The molecule has 0 fully saturated rings. The molecule has 15 heavy (non-hydrogen) atoms. The Labute approximate surface area is 93.7 Å². The maximum atomic E-state index is 12.6. The minimum absolute atomic E-state index is 0.0935. The summed E-state index contributed by atoms with van der Waals surface area (Å²) in [5, 5.41) is 4.86. The highest BCUT2D eigenvalue weighted by atomic mass is 79.9. The number of primary sulfonamides is 1. The zero-order chi connectivity index (χ0) is 11.8. The second-order valence-corrected chi connectivity index (χ2v) is 5.07. The zero-order valence-electron chi connectivity index (χ0n) is 7.54. The number of hydrogen-bond donors (Lipinski definition) is 1. The first kappa shape index (κ1) is 12.5. The highest BCUT2D eigenvalue weighted by Crippen LogP contribution is 2.32. The molecule has 8 heteroatoms. The second kappa shape index (κ2) is 4.11. The monoisotopic (exact) mass is 300 g/mol. The fourth-order valence-corrected chi connectivity index (χ4v) is 2.75. The number of halogens is 3. The molecule has 0 aliphatic heterocycles. The average Bonchev–Trinajstić information content (AvgIpc) is 2.05. The van der Waals surface area contributed by atoms with Crippen molar-refractivity contribution in [2.75, 3.05) is 0 Å². The topological polar surface area (TPSA) is 73.0 Å². The first-order valence-electron chi connectivity index (χ1n) is 3.71. The molecule has 0 atom stereocenters. The Morgan fingerprint density at radius 2 is 2.07 bits per heavy atom. The summed E-state index contributed by atoms with van der Waals surface area (Å²) in [7, 11) is -4.18. The van der Waals surface area contributed by atoms with E-state index in [0.717, 1.165) is 6.20 Å². The van der Waals surface area contributed by atoms with E-state index in [1.54, 1.807) is 0 Å². The predicted molar refractivity (Wildman–Crippen MR) is 53.0 cm³/mol. The molecule has 1 rings (SSSR count). The van der Waals surface area contributed by atoms with Crippen molar-refractivity contribution in [1.29, 1.82) is 0 Å². The third-order valence-corrected chi connectivity index (χ3v) is 3.44. The number of aromatic nitrogens is 1. The lowest BCUT2D eigenvalue weighted by Crippen LogP contribution is -2.17. The normalized spacial score (nSPS) is 12.1. The molecule has 1 aromatic heterocycles. The maximum absolute atomic E-state index is 12.6. The van der Waals surface area contributed by atoms with Crippen molar-refractivity contribution in [1.82, 2.24) is 4.98 Å². The first-order chi connectivity index (χ1) is 6.75. The fraction of sp³-hybridized carbons (Fsp3) is 0.286. The molecule has 2 N–H and O–H groups in total. The van der Waals surface area contributed by atoms with E-state index in [4.69, 9.17) is 5.14 Å². The number of rotatable bonds is 2. The molecule has 0 aromatic carbocycles. The molecule has 0 radical (unpaired) electrons. The van der Waals surface area contributed by atoms with Crippen molar-refractivity contribution in [2.24, 2.45) is 5.14 Å². The standard InChI is InChI=1S/C7H7BrF2N2O2S/c1-3-2-12-6(8)4(7(9)10)5(3)15(11,13)14/h2,7H,1H3,(H2,11,13,14). The Bertz CT molecular complexity index is 490. The molecule has 0 bridgehead atoms. The highest BCUT2D eigenvalue weighted by Gasteiger charge is 2.26. The SMILES string of the molecule is Cc1cnc(Br)c(C(F)F)c1S(N)(=O)=O. The summed E-state index contributed by atoms with van der Waals surface area (Å²) in [5.74, 6) is 0. The van der Waals surface area contributed by atoms with Gasteiger partial charge in [-0.25, -0.2) is 27.3 Å². The molecule has 0 amide bonds. The average molecular weight is 301 g/mol. The number of hydrogen-bond acceptors (Lipinski definition) is 3. The molecule has 0 unspecified atom stereocenters. The third kappa shape index (κ3) is 2.50. The Morgan fingerprint density at radius 1 is 1.53 bits per heavy atom. The predicted octanol–water partition coefficient (Wildman–Crippen LogP) is 1.74. The lowest BCUT2D eigenvalue weighted by molar-refractivity contribution is 0.146. The quantitative estimate of drug-likeness (QED) is 0.846. The van der Waals surface area contributed by atoms with E-state index in [9.17, 15) is 17.2 Å². The maximum Gasteiger partial charge on any atom is 0.267 e. The number of alkyl halides is 2. The van der Waals surface area contributed by atoms with Crippen molar-refractivity contribution in [3.8, 4) is 0 Å². The highest BCUT2D eigenvalue weighted by molar-refractivity contribution is 9.10. The van der Waals surface area contributed by atoms with E-state index < -0.39 is 26.9 Å². The second-order valence-electron chi connectivity index (χ2n) is 2.82. The summed E-state index contributed by atoms with van der Waals surface area (Å²) in [6, 6.07) is 0. The van der Waals surface area contributed by atoms with Gasteiger partial charge in [0.25, 0.3) is 6.43 Å². The molecule has 0 saturated heterocycles. The van der Waals surface area contributed by atoms with Gasteiger partial charge < -0.3 is 0 Å². The van der Waals surface area contributed by atoms with Crippen LogP contribution in [0.15, 0.2) is 15.7 Å². The third-order valence-electron chi connectivity index (χ3n) is 1.70. The van der Waals surface area contributed by atoms with Gasteiger partial charge >= 0.3 is 0 Å². The van der Waals surface area contributed by atoms with Crippen LogP contribution in [0.4, 0.5) is 8.78 Å². The van der Waals surface area contributed by atoms with Crippen LogP contribution in [0.5, 0.6) is 0 Å². The summed E-state index contributed by atoms with van der Waals surface area (Å²) in [6.45, 7) is 1.35. The van der Waals surface area contributed by atoms with E-state index in [1.165, 1.54) is 6.92 Å². The van der Waals surface area contributed by atoms with Crippen molar-refractivity contribution in [3.63, 3.8) is 0 Å². The molecule has 0 aliphatic carbocycles. The van der Waals surface area contributed by atoms with E-state index in [1.807, 2.05) is 0 Å². The van der Waals surface area contributed by atoms with Gasteiger partial charge in [0.2, 0.25) is 10.0 Å². The van der Waals surface area contributed by atoms with Crippen molar-refractivity contribution in [3.05, 3.63) is 21.9 Å². The van der Waals surface area contributed by atoms with Crippen molar-refractivity contribution >= 4 is 26.0 Å². The Morgan fingerprint density at radius 3 is 2.40 bits per heavy atom. The van der Waals surface area contributed by atoms with Gasteiger partial charge in [-0.1, -0.05) is 0 Å². The Balaban J connectivity index is 3.68. The number of aryl methyl sites for hydroxylation is 1. The van der Waals surface area contributed by atoms with Gasteiger partial charge in [-0.3, -0.25) is 0 Å². The van der Waals surface area contributed by atoms with Crippen molar-refractivity contribution < 1.29 is 17.2 Å². The summed E-state index contributed by atoms with van der Waals surface area (Å²) in [4.78, 5) is 3.02. The van der Waals surface area contributed by atoms with Crippen LogP contribution in [-0.2, 0) is 10.0 Å². The molecular formula is C7H7BrF2N2O2S. The van der Waals surface area contributed by atoms with Crippen LogP contribution in [-0.4, -0.2) is 13.4 Å². The number of nitrogens with two attached hydrogens (primary N) is 1. The Hall–Kier alpha value is -0.600. The van der Waals surface area contributed by atoms with Gasteiger partial charge in [0.1, 0.15) is 4.60 Å². The van der Waals surface area contributed by atoms with E-state index in [-0.39, 0.29) is 10.2 Å². The summed E-state index contributed by atoms with van der Waals surface area (Å²) in [5.41, 5.74) is -0.603. The van der Waals surface area contributed by atoms with Crippen LogP contribution in [0.25, 0.3) is 0 Å². The van der Waals surface area contributed by atoms with E-state index in [2.05, 4.69) is 20.9 Å².